The molecule has 1 unspecified atom stereocenters. The molecular weight excluding hydrogens is 285 g/mol. The predicted molar refractivity (Wildman–Crippen MR) is 73.1 cm³/mol. The zero-order valence-corrected chi connectivity index (χ0v) is 12.8. The molecule has 0 saturated carbocycles. The first-order valence-corrected chi connectivity index (χ1v) is 6.59. The van der Waals surface area contributed by atoms with E-state index in [1.54, 1.807) is 27.8 Å². The summed E-state index contributed by atoms with van der Waals surface area (Å²) >= 11 is 0. The van der Waals surface area contributed by atoms with E-state index in [-0.39, 0.29) is 12.6 Å². The Morgan fingerprint density at radius 2 is 1.95 bits per heavy atom. The topological polar surface area (TPSA) is 58.9 Å². The first kappa shape index (κ1) is 17.5. The summed E-state index contributed by atoms with van der Waals surface area (Å²) < 4.78 is 40.6. The maximum Gasteiger partial charge on any atom is 0.433 e. The molecule has 0 aliphatic carbocycles. The van der Waals surface area contributed by atoms with E-state index in [1.807, 2.05) is 6.92 Å². The van der Waals surface area contributed by atoms with Crippen molar-refractivity contribution in [3.63, 3.8) is 0 Å². The summed E-state index contributed by atoms with van der Waals surface area (Å²) in [5, 5.41) is 9.10. The third-order valence-corrected chi connectivity index (χ3v) is 2.98. The second-order valence-corrected chi connectivity index (χ2v) is 5.89. The van der Waals surface area contributed by atoms with Crippen molar-refractivity contribution in [2.75, 3.05) is 13.6 Å². The molecule has 0 saturated heterocycles. The van der Waals surface area contributed by atoms with Crippen LogP contribution in [0.5, 0.6) is 0 Å². The summed E-state index contributed by atoms with van der Waals surface area (Å²) in [6, 6.07) is -0.0408. The number of hydrogen-bond donors (Lipinski definition) is 2. The molecule has 1 aromatic rings. The lowest BCUT2D eigenvalue weighted by Crippen LogP contribution is -2.38. The molecule has 1 heterocycles. The van der Waals surface area contributed by atoms with Crippen LogP contribution in [0.2, 0.25) is 0 Å². The molecule has 8 heteroatoms. The van der Waals surface area contributed by atoms with E-state index in [0.717, 1.165) is 10.9 Å². The van der Waals surface area contributed by atoms with Crippen molar-refractivity contribution in [1.29, 1.82) is 0 Å². The Bertz CT molecular complexity index is 502. The van der Waals surface area contributed by atoms with Crippen LogP contribution in [0.1, 0.15) is 43.7 Å². The Morgan fingerprint density at radius 3 is 2.38 bits per heavy atom. The van der Waals surface area contributed by atoms with Crippen molar-refractivity contribution in [2.24, 2.45) is 0 Å². The van der Waals surface area contributed by atoms with Crippen molar-refractivity contribution >= 4 is 5.91 Å². The zero-order chi connectivity index (χ0) is 16.4. The Balaban J connectivity index is 3.14. The SMILES string of the molecule is CNC(C)CNC(=O)c1cnn(C(C)(C)C)c1C(F)(F)F. The number of alkyl halides is 3. The highest BCUT2D eigenvalue weighted by Crippen LogP contribution is 2.34. The van der Waals surface area contributed by atoms with Crippen molar-refractivity contribution in [3.8, 4) is 0 Å². The molecule has 5 nitrogen and oxygen atoms in total. The van der Waals surface area contributed by atoms with Crippen LogP contribution in [0.25, 0.3) is 0 Å². The molecule has 1 amide bonds. The second kappa shape index (κ2) is 6.05. The maximum atomic E-state index is 13.2. The molecule has 0 aliphatic heterocycles. The molecule has 2 N–H and O–H groups in total. The van der Waals surface area contributed by atoms with Crippen LogP contribution in [0.3, 0.4) is 0 Å². The summed E-state index contributed by atoms with van der Waals surface area (Å²) in [6.07, 6.45) is -3.68. The molecule has 0 aliphatic rings. The summed E-state index contributed by atoms with van der Waals surface area (Å²) in [7, 11) is 1.70. The van der Waals surface area contributed by atoms with Gasteiger partial charge in [0.05, 0.1) is 17.3 Å². The summed E-state index contributed by atoms with van der Waals surface area (Å²) in [5.41, 5.74) is -2.35. The van der Waals surface area contributed by atoms with Gasteiger partial charge in [0.25, 0.3) is 5.91 Å². The molecule has 0 radical (unpaired) electrons. The van der Waals surface area contributed by atoms with Crippen LogP contribution in [0.4, 0.5) is 13.2 Å². The van der Waals surface area contributed by atoms with Gasteiger partial charge in [-0.25, -0.2) is 0 Å². The Hall–Kier alpha value is -1.57. The van der Waals surface area contributed by atoms with Gasteiger partial charge in [0.1, 0.15) is 0 Å². The fraction of sp³-hybridized carbons (Fsp3) is 0.692. The summed E-state index contributed by atoms with van der Waals surface area (Å²) in [5.74, 6) is -0.778. The van der Waals surface area contributed by atoms with Crippen molar-refractivity contribution < 1.29 is 18.0 Å². The zero-order valence-electron chi connectivity index (χ0n) is 12.8. The van der Waals surface area contributed by atoms with Crippen LogP contribution >= 0.6 is 0 Å². The number of halogens is 3. The lowest BCUT2D eigenvalue weighted by atomic mass is 10.1. The highest BCUT2D eigenvalue weighted by molar-refractivity contribution is 5.95. The fourth-order valence-corrected chi connectivity index (χ4v) is 1.74. The summed E-state index contributed by atoms with van der Waals surface area (Å²) in [4.78, 5) is 12.0. The van der Waals surface area contributed by atoms with Crippen LogP contribution in [-0.2, 0) is 11.7 Å². The van der Waals surface area contributed by atoms with Gasteiger partial charge in [0, 0.05) is 12.6 Å². The molecule has 0 aromatic carbocycles. The quantitative estimate of drug-likeness (QED) is 0.894. The number of nitrogens with zero attached hydrogens (tertiary/aromatic N) is 2. The number of nitrogens with one attached hydrogen (secondary N) is 2. The maximum absolute atomic E-state index is 13.2. The average Bonchev–Trinajstić information content (AvgIpc) is 2.79. The van der Waals surface area contributed by atoms with Gasteiger partial charge in [0.2, 0.25) is 0 Å². The minimum Gasteiger partial charge on any atom is -0.350 e. The fourth-order valence-electron chi connectivity index (χ4n) is 1.74. The van der Waals surface area contributed by atoms with Crippen molar-refractivity contribution in [3.05, 3.63) is 17.5 Å². The third-order valence-electron chi connectivity index (χ3n) is 2.98. The number of rotatable bonds is 4. The number of likely N-dealkylation sites (N-methyl/N-ethyl adjacent to an activating group) is 1. The van der Waals surface area contributed by atoms with Crippen LogP contribution < -0.4 is 10.6 Å². The monoisotopic (exact) mass is 306 g/mol. The molecule has 1 aromatic heterocycles. The van der Waals surface area contributed by atoms with Gasteiger partial charge in [0.15, 0.2) is 5.69 Å². The van der Waals surface area contributed by atoms with Gasteiger partial charge in [-0.2, -0.15) is 18.3 Å². The minimum atomic E-state index is -4.65. The minimum absolute atomic E-state index is 0.0408. The Labute approximate surface area is 121 Å². The molecule has 120 valence electrons. The molecule has 0 fully saturated rings. The van der Waals surface area contributed by atoms with Gasteiger partial charge in [-0.15, -0.1) is 0 Å². The predicted octanol–water partition coefficient (Wildman–Crippen LogP) is 1.99. The van der Waals surface area contributed by atoms with E-state index >= 15 is 0 Å². The standard InChI is InChI=1S/C13H21F3N4O/c1-8(17-5)6-18-11(21)9-7-19-20(12(2,3)4)10(9)13(14,15)16/h7-8,17H,6H2,1-5H3,(H,18,21). The highest BCUT2D eigenvalue weighted by Gasteiger charge is 2.42. The smallest absolute Gasteiger partial charge is 0.350 e. The lowest BCUT2D eigenvalue weighted by molar-refractivity contribution is -0.146. The number of amides is 1. The molecule has 0 bridgehead atoms. The number of carbonyl (C=O) groups excluding carboxylic acids is 1. The van der Waals surface area contributed by atoms with E-state index in [9.17, 15) is 18.0 Å². The van der Waals surface area contributed by atoms with Gasteiger partial charge in [-0.3, -0.25) is 9.48 Å². The van der Waals surface area contributed by atoms with Crippen molar-refractivity contribution in [2.45, 2.75) is 45.5 Å². The van der Waals surface area contributed by atoms with Crippen LogP contribution in [0.15, 0.2) is 6.20 Å². The first-order valence-electron chi connectivity index (χ1n) is 6.59. The second-order valence-electron chi connectivity index (χ2n) is 5.89. The van der Waals surface area contributed by atoms with Gasteiger partial charge in [-0.1, -0.05) is 0 Å². The van der Waals surface area contributed by atoms with E-state index in [1.165, 1.54) is 0 Å². The van der Waals surface area contributed by atoms with E-state index in [4.69, 9.17) is 0 Å². The number of hydrogen-bond acceptors (Lipinski definition) is 3. The summed E-state index contributed by atoms with van der Waals surface area (Å²) in [6.45, 7) is 6.83. The first-order chi connectivity index (χ1) is 9.48. The number of carbonyl (C=O) groups is 1. The molecule has 0 spiro atoms. The lowest BCUT2D eigenvalue weighted by Gasteiger charge is -2.23. The Kier molecular flexibility index (Phi) is 5.03. The molecule has 1 atom stereocenters. The normalized spacial score (nSPS) is 14.1. The average molecular weight is 306 g/mol. The van der Waals surface area contributed by atoms with Crippen molar-refractivity contribution in [1.82, 2.24) is 20.4 Å². The van der Waals surface area contributed by atoms with Crippen LogP contribution in [0, 0.1) is 0 Å². The van der Waals surface area contributed by atoms with Gasteiger partial charge in [-0.05, 0) is 34.7 Å². The Morgan fingerprint density at radius 1 is 1.38 bits per heavy atom. The highest BCUT2D eigenvalue weighted by atomic mass is 19.4. The van der Waals surface area contributed by atoms with E-state index in [0.29, 0.717) is 0 Å². The van der Waals surface area contributed by atoms with Gasteiger partial charge >= 0.3 is 6.18 Å². The number of aromatic nitrogens is 2. The van der Waals surface area contributed by atoms with E-state index < -0.39 is 28.9 Å². The molecule has 21 heavy (non-hydrogen) atoms. The van der Waals surface area contributed by atoms with Crippen LogP contribution in [-0.4, -0.2) is 35.3 Å². The molecular formula is C13H21F3N4O. The van der Waals surface area contributed by atoms with E-state index in [2.05, 4.69) is 15.7 Å². The third kappa shape index (κ3) is 4.20. The van der Waals surface area contributed by atoms with Gasteiger partial charge < -0.3 is 10.6 Å². The molecule has 1 rings (SSSR count). The largest absolute Gasteiger partial charge is 0.433 e.